The SMILES string of the molecule is CCN1CCN(c2ccc(Cl)cc2NC(=O)/C=C/c2ccc(F)cc2)CC1. The van der Waals surface area contributed by atoms with Crippen LogP contribution in [0.5, 0.6) is 0 Å². The number of anilines is 2. The van der Waals surface area contributed by atoms with Gasteiger partial charge in [0, 0.05) is 37.3 Å². The van der Waals surface area contributed by atoms with E-state index in [1.54, 1.807) is 24.3 Å². The summed E-state index contributed by atoms with van der Waals surface area (Å²) in [6, 6.07) is 11.5. The van der Waals surface area contributed by atoms with Gasteiger partial charge in [-0.2, -0.15) is 0 Å². The van der Waals surface area contributed by atoms with E-state index < -0.39 is 0 Å². The molecule has 0 spiro atoms. The molecule has 2 aromatic rings. The number of carbonyl (C=O) groups is 1. The standard InChI is InChI=1S/C21H23ClFN3O/c1-2-25-11-13-26(14-12-25)20-9-6-17(22)15-19(20)24-21(27)10-5-16-3-7-18(23)8-4-16/h3-10,15H,2,11-14H2,1H3,(H,24,27)/b10-5+. The summed E-state index contributed by atoms with van der Waals surface area (Å²) in [5.41, 5.74) is 2.42. The van der Waals surface area contributed by atoms with Crippen molar-refractivity contribution in [3.63, 3.8) is 0 Å². The molecule has 1 fully saturated rings. The first kappa shape index (κ1) is 19.4. The number of likely N-dealkylation sites (N-methyl/N-ethyl adjacent to an activating group) is 1. The van der Waals surface area contributed by atoms with E-state index in [1.807, 2.05) is 12.1 Å². The van der Waals surface area contributed by atoms with Gasteiger partial charge in [-0.15, -0.1) is 0 Å². The number of rotatable bonds is 5. The molecule has 1 saturated heterocycles. The maximum atomic E-state index is 13.0. The molecule has 1 aliphatic rings. The Morgan fingerprint density at radius 3 is 2.52 bits per heavy atom. The van der Waals surface area contributed by atoms with Crippen LogP contribution in [0, 0.1) is 5.82 Å². The highest BCUT2D eigenvalue weighted by Crippen LogP contribution is 2.30. The van der Waals surface area contributed by atoms with Gasteiger partial charge in [-0.1, -0.05) is 30.7 Å². The third-order valence-corrected chi connectivity index (χ3v) is 4.91. The second-order valence-electron chi connectivity index (χ2n) is 6.46. The fraction of sp³-hybridized carbons (Fsp3) is 0.286. The molecule has 1 heterocycles. The number of nitrogens with zero attached hydrogens (tertiary/aromatic N) is 2. The Bertz CT molecular complexity index is 815. The molecule has 3 rings (SSSR count). The first-order valence-electron chi connectivity index (χ1n) is 9.06. The molecule has 0 aromatic heterocycles. The summed E-state index contributed by atoms with van der Waals surface area (Å²) >= 11 is 6.14. The second-order valence-corrected chi connectivity index (χ2v) is 6.89. The molecule has 6 heteroatoms. The quantitative estimate of drug-likeness (QED) is 0.778. The molecule has 0 radical (unpaired) electrons. The van der Waals surface area contributed by atoms with Gasteiger partial charge < -0.3 is 15.1 Å². The first-order chi connectivity index (χ1) is 13.0. The number of halogens is 2. The lowest BCUT2D eigenvalue weighted by atomic mass is 10.2. The normalized spacial score (nSPS) is 15.3. The lowest BCUT2D eigenvalue weighted by Gasteiger charge is -2.36. The maximum absolute atomic E-state index is 13.0. The van der Waals surface area contributed by atoms with Crippen molar-refractivity contribution in [1.29, 1.82) is 0 Å². The van der Waals surface area contributed by atoms with Crippen molar-refractivity contribution in [2.24, 2.45) is 0 Å². The molecule has 0 bridgehead atoms. The lowest BCUT2D eigenvalue weighted by Crippen LogP contribution is -2.46. The van der Waals surface area contributed by atoms with Gasteiger partial charge in [-0.3, -0.25) is 4.79 Å². The van der Waals surface area contributed by atoms with E-state index in [4.69, 9.17) is 11.6 Å². The summed E-state index contributed by atoms with van der Waals surface area (Å²) in [4.78, 5) is 17.0. The molecule has 1 aliphatic heterocycles. The monoisotopic (exact) mass is 387 g/mol. The Balaban J connectivity index is 1.71. The molecule has 1 amide bonds. The van der Waals surface area contributed by atoms with Crippen molar-refractivity contribution in [2.45, 2.75) is 6.92 Å². The van der Waals surface area contributed by atoms with Gasteiger partial charge in [0.25, 0.3) is 0 Å². The zero-order valence-corrected chi connectivity index (χ0v) is 16.0. The van der Waals surface area contributed by atoms with Crippen LogP contribution in [0.25, 0.3) is 6.08 Å². The van der Waals surface area contributed by atoms with E-state index >= 15 is 0 Å². The molecule has 27 heavy (non-hydrogen) atoms. The molecule has 0 unspecified atom stereocenters. The van der Waals surface area contributed by atoms with Crippen molar-refractivity contribution in [3.8, 4) is 0 Å². The van der Waals surface area contributed by atoms with E-state index in [9.17, 15) is 9.18 Å². The molecule has 0 atom stereocenters. The van der Waals surface area contributed by atoms with Crippen LogP contribution >= 0.6 is 11.6 Å². The number of nitrogens with one attached hydrogen (secondary N) is 1. The van der Waals surface area contributed by atoms with E-state index in [0.717, 1.165) is 44.0 Å². The highest BCUT2D eigenvalue weighted by Gasteiger charge is 2.19. The van der Waals surface area contributed by atoms with Gasteiger partial charge in [0.15, 0.2) is 0 Å². The lowest BCUT2D eigenvalue weighted by molar-refractivity contribution is -0.111. The van der Waals surface area contributed by atoms with Gasteiger partial charge in [0.05, 0.1) is 11.4 Å². The minimum atomic E-state index is -0.302. The molecular formula is C21H23ClFN3O. The van der Waals surface area contributed by atoms with E-state index in [2.05, 4.69) is 22.0 Å². The third kappa shape index (κ3) is 5.31. The Kier molecular flexibility index (Phi) is 6.48. The number of hydrogen-bond donors (Lipinski definition) is 1. The minimum Gasteiger partial charge on any atom is -0.367 e. The molecular weight excluding hydrogens is 365 g/mol. The molecule has 4 nitrogen and oxygen atoms in total. The van der Waals surface area contributed by atoms with Crippen molar-refractivity contribution >= 4 is 35.0 Å². The summed E-state index contributed by atoms with van der Waals surface area (Å²) in [5, 5.41) is 3.49. The molecule has 142 valence electrons. The van der Waals surface area contributed by atoms with Crippen LogP contribution in [0.1, 0.15) is 12.5 Å². The maximum Gasteiger partial charge on any atom is 0.248 e. The number of carbonyl (C=O) groups excluding carboxylic acids is 1. The van der Waals surface area contributed by atoms with Crippen molar-refractivity contribution in [2.75, 3.05) is 42.9 Å². The minimum absolute atomic E-state index is 0.255. The van der Waals surface area contributed by atoms with E-state index in [0.29, 0.717) is 10.7 Å². The Morgan fingerprint density at radius 1 is 1.15 bits per heavy atom. The van der Waals surface area contributed by atoms with Crippen LogP contribution in [0.15, 0.2) is 48.5 Å². The third-order valence-electron chi connectivity index (χ3n) is 4.67. The highest BCUT2D eigenvalue weighted by molar-refractivity contribution is 6.31. The van der Waals surface area contributed by atoms with Crippen molar-refractivity contribution < 1.29 is 9.18 Å². The highest BCUT2D eigenvalue weighted by atomic mass is 35.5. The predicted octanol–water partition coefficient (Wildman–Crippen LogP) is 4.27. The smallest absolute Gasteiger partial charge is 0.248 e. The Labute approximate surface area is 164 Å². The Hall–Kier alpha value is -2.37. The van der Waals surface area contributed by atoms with Gasteiger partial charge in [-0.25, -0.2) is 4.39 Å². The van der Waals surface area contributed by atoms with Crippen molar-refractivity contribution in [3.05, 3.63) is 64.9 Å². The van der Waals surface area contributed by atoms with E-state index in [1.165, 1.54) is 18.2 Å². The van der Waals surface area contributed by atoms with Crippen molar-refractivity contribution in [1.82, 2.24) is 4.90 Å². The average Bonchev–Trinajstić information content (AvgIpc) is 2.68. The number of piperazine rings is 1. The second kappa shape index (κ2) is 9.02. The number of amides is 1. The number of benzene rings is 2. The van der Waals surface area contributed by atoms with Crippen LogP contribution in [0.4, 0.5) is 15.8 Å². The molecule has 0 saturated carbocycles. The summed E-state index contributed by atoms with van der Waals surface area (Å²) in [7, 11) is 0. The van der Waals surface area contributed by atoms with Crippen LogP contribution < -0.4 is 10.2 Å². The topological polar surface area (TPSA) is 35.6 Å². The van der Waals surface area contributed by atoms with Gasteiger partial charge in [0.2, 0.25) is 5.91 Å². The summed E-state index contributed by atoms with van der Waals surface area (Å²) in [6.07, 6.45) is 3.09. The fourth-order valence-corrected chi connectivity index (χ4v) is 3.28. The van der Waals surface area contributed by atoms with Gasteiger partial charge in [0.1, 0.15) is 5.82 Å². The van der Waals surface area contributed by atoms with Crippen LogP contribution in [-0.2, 0) is 4.79 Å². The largest absolute Gasteiger partial charge is 0.367 e. The summed E-state index contributed by atoms with van der Waals surface area (Å²) in [5.74, 6) is -0.557. The van der Waals surface area contributed by atoms with Crippen LogP contribution in [0.2, 0.25) is 5.02 Å². The zero-order chi connectivity index (χ0) is 19.2. The van der Waals surface area contributed by atoms with Gasteiger partial charge in [-0.05, 0) is 48.5 Å². The van der Waals surface area contributed by atoms with E-state index in [-0.39, 0.29) is 11.7 Å². The molecule has 0 aliphatic carbocycles. The van der Waals surface area contributed by atoms with Crippen LogP contribution in [0.3, 0.4) is 0 Å². The van der Waals surface area contributed by atoms with Gasteiger partial charge >= 0.3 is 0 Å². The summed E-state index contributed by atoms with van der Waals surface area (Å²) < 4.78 is 13.0. The molecule has 1 N–H and O–H groups in total. The Morgan fingerprint density at radius 2 is 1.85 bits per heavy atom. The molecule has 2 aromatic carbocycles. The summed E-state index contributed by atoms with van der Waals surface area (Å²) in [6.45, 7) is 7.02. The fourth-order valence-electron chi connectivity index (χ4n) is 3.11. The zero-order valence-electron chi connectivity index (χ0n) is 15.3. The predicted molar refractivity (Wildman–Crippen MR) is 110 cm³/mol. The average molecular weight is 388 g/mol. The first-order valence-corrected chi connectivity index (χ1v) is 9.44. The number of hydrogen-bond acceptors (Lipinski definition) is 3. The van der Waals surface area contributed by atoms with Crippen LogP contribution in [-0.4, -0.2) is 43.5 Å².